The van der Waals surface area contributed by atoms with Gasteiger partial charge in [-0.2, -0.15) is 4.99 Å². The summed E-state index contributed by atoms with van der Waals surface area (Å²) in [6.07, 6.45) is 5.09. The van der Waals surface area contributed by atoms with Crippen molar-refractivity contribution < 1.29 is 23.7 Å². The Hall–Kier alpha value is -4.09. The topological polar surface area (TPSA) is 163 Å². The van der Waals surface area contributed by atoms with Crippen LogP contribution in [0.5, 0.6) is 0 Å². The molecule has 3 aromatic rings. The number of carbonyl (C=O) groups is 3. The summed E-state index contributed by atoms with van der Waals surface area (Å²) < 4.78 is 4.61. The molecule has 0 aliphatic carbocycles. The van der Waals surface area contributed by atoms with E-state index in [1.807, 2.05) is 0 Å². The molecule has 3 aromatic heterocycles. The van der Waals surface area contributed by atoms with Gasteiger partial charge in [-0.15, -0.1) is 16.5 Å². The molecule has 0 aliphatic rings. The Morgan fingerprint density at radius 2 is 2.11 bits per heavy atom. The number of nitrogens with zero attached hydrogens (tertiary/aromatic N) is 4. The van der Waals surface area contributed by atoms with E-state index in [9.17, 15) is 19.2 Å². The van der Waals surface area contributed by atoms with Crippen molar-refractivity contribution in [1.29, 1.82) is 0 Å². The second-order valence-electron chi connectivity index (χ2n) is 4.69. The van der Waals surface area contributed by atoms with Gasteiger partial charge in [-0.05, 0) is 12.1 Å². The summed E-state index contributed by atoms with van der Waals surface area (Å²) >= 11 is 1.03. The molecule has 0 aliphatic heterocycles. The molecule has 0 atom stereocenters. The third kappa shape index (κ3) is 3.95. The smallest absolute Gasteiger partial charge is 0.316 e. The first-order valence-electron chi connectivity index (χ1n) is 7.11. The molecule has 3 rings (SSSR count). The lowest BCUT2D eigenvalue weighted by atomic mass is 10.3. The fourth-order valence-electron chi connectivity index (χ4n) is 1.86. The number of thiazole rings is 1. The third-order valence-corrected chi connectivity index (χ3v) is 3.79. The molecule has 3 N–H and O–H groups in total. The number of amides is 3. The van der Waals surface area contributed by atoms with Gasteiger partial charge in [0.25, 0.3) is 11.8 Å². The van der Waals surface area contributed by atoms with Crippen LogP contribution >= 0.6 is 11.3 Å². The minimum atomic E-state index is -1.01. The van der Waals surface area contributed by atoms with Crippen molar-refractivity contribution in [3.63, 3.8) is 0 Å². The van der Waals surface area contributed by atoms with Gasteiger partial charge >= 0.3 is 5.91 Å². The highest BCUT2D eigenvalue weighted by Crippen LogP contribution is 2.18. The van der Waals surface area contributed by atoms with Crippen LogP contribution in [0.15, 0.2) is 45.7 Å². The van der Waals surface area contributed by atoms with Crippen LogP contribution in [0.25, 0.3) is 0 Å². The maximum absolute atomic E-state index is 12.7. The zero-order valence-electron chi connectivity index (χ0n) is 13.2. The van der Waals surface area contributed by atoms with Gasteiger partial charge in [0.15, 0.2) is 11.3 Å². The van der Waals surface area contributed by atoms with Gasteiger partial charge in [-0.3, -0.25) is 14.4 Å². The first-order valence-corrected chi connectivity index (χ1v) is 7.99. The minimum absolute atomic E-state index is 0.0493. The number of aromatic nitrogens is 3. The van der Waals surface area contributed by atoms with Crippen molar-refractivity contribution in [3.8, 4) is 0 Å². The van der Waals surface area contributed by atoms with Crippen molar-refractivity contribution in [2.24, 2.45) is 4.99 Å². The molecule has 0 spiro atoms. The van der Waals surface area contributed by atoms with Crippen LogP contribution in [0, 0.1) is 0 Å². The third-order valence-electron chi connectivity index (χ3n) is 3.02. The number of isocyanates is 1. The Labute approximate surface area is 153 Å². The van der Waals surface area contributed by atoms with Crippen LogP contribution in [0.3, 0.4) is 0 Å². The lowest BCUT2D eigenvalue weighted by Gasteiger charge is -2.21. The number of hydrogen-bond donors (Lipinski definition) is 3. The molecular weight excluding hydrogens is 378 g/mol. The number of aromatic amines is 1. The Balaban J connectivity index is 1.87. The normalized spacial score (nSPS) is 9.93. The number of hydrazine groups is 2. The molecule has 3 amide bonds. The van der Waals surface area contributed by atoms with Gasteiger partial charge in [0.05, 0.1) is 0 Å². The SMILES string of the molecule is O=C=Nc1conc1C(=O)N(NC(=O)c1ccc[nH]1)NC(=O)c1nccs1. The van der Waals surface area contributed by atoms with Crippen molar-refractivity contribution in [3.05, 3.63) is 52.6 Å². The predicted octanol–water partition coefficient (Wildman–Crippen LogP) is 0.559. The van der Waals surface area contributed by atoms with E-state index < -0.39 is 23.4 Å². The van der Waals surface area contributed by atoms with E-state index in [0.717, 1.165) is 17.6 Å². The highest BCUT2D eigenvalue weighted by Gasteiger charge is 2.27. The quantitative estimate of drug-likeness (QED) is 0.334. The summed E-state index contributed by atoms with van der Waals surface area (Å²) in [5.74, 6) is -2.49. The molecule has 3 heterocycles. The molecule has 0 radical (unpaired) electrons. The Morgan fingerprint density at radius 1 is 1.30 bits per heavy atom. The van der Waals surface area contributed by atoms with Crippen LogP contribution in [0.4, 0.5) is 5.69 Å². The second kappa shape index (κ2) is 7.86. The zero-order chi connectivity index (χ0) is 19.2. The fourth-order valence-corrected chi connectivity index (χ4v) is 2.39. The number of H-pyrrole nitrogens is 1. The zero-order valence-corrected chi connectivity index (χ0v) is 14.0. The van der Waals surface area contributed by atoms with Gasteiger partial charge in [0, 0.05) is 17.8 Å². The molecule has 0 saturated carbocycles. The van der Waals surface area contributed by atoms with Crippen LogP contribution in [-0.2, 0) is 4.79 Å². The first kappa shape index (κ1) is 17.7. The van der Waals surface area contributed by atoms with Crippen molar-refractivity contribution >= 4 is 40.8 Å². The van der Waals surface area contributed by atoms with E-state index in [4.69, 9.17) is 0 Å². The average molecular weight is 387 g/mol. The van der Waals surface area contributed by atoms with Crippen molar-refractivity contribution in [1.82, 2.24) is 31.1 Å². The van der Waals surface area contributed by atoms with Gasteiger partial charge < -0.3 is 9.51 Å². The number of rotatable bonds is 4. The molecule has 27 heavy (non-hydrogen) atoms. The molecule has 0 aromatic carbocycles. The number of nitrogens with one attached hydrogen (secondary N) is 3. The standard InChI is InChI=1S/C14H9N7O5S/c22-7-17-9-6-26-20-10(9)14(25)21(18-11(23)8-2-1-3-15-8)19-12(24)13-16-4-5-27-13/h1-6,15H,(H,18,23)(H,19,24). The van der Waals surface area contributed by atoms with E-state index in [0.29, 0.717) is 5.12 Å². The molecule has 12 nitrogen and oxygen atoms in total. The Morgan fingerprint density at radius 3 is 2.78 bits per heavy atom. The predicted molar refractivity (Wildman–Crippen MR) is 88.3 cm³/mol. The summed E-state index contributed by atoms with van der Waals surface area (Å²) in [6.45, 7) is 0. The van der Waals surface area contributed by atoms with Gasteiger partial charge in [0.1, 0.15) is 11.4 Å². The Kier molecular flexibility index (Phi) is 5.16. The molecule has 136 valence electrons. The summed E-state index contributed by atoms with van der Waals surface area (Å²) in [5.41, 5.74) is 3.88. The summed E-state index contributed by atoms with van der Waals surface area (Å²) in [4.78, 5) is 57.3. The number of carbonyl (C=O) groups excluding carboxylic acids is 4. The maximum Gasteiger partial charge on any atom is 0.316 e. The largest absolute Gasteiger partial charge is 0.362 e. The fraction of sp³-hybridized carbons (Fsp3) is 0. The van der Waals surface area contributed by atoms with Gasteiger partial charge in [-0.25, -0.2) is 20.6 Å². The molecule has 0 unspecified atom stereocenters. The Bertz CT molecular complexity index is 957. The molecular formula is C14H9N7O5S. The van der Waals surface area contributed by atoms with E-state index in [1.165, 1.54) is 24.5 Å². The van der Waals surface area contributed by atoms with Crippen LogP contribution in [0.1, 0.15) is 30.8 Å². The summed E-state index contributed by atoms with van der Waals surface area (Å²) in [5, 5.41) is 5.54. The van der Waals surface area contributed by atoms with Crippen molar-refractivity contribution in [2.75, 3.05) is 0 Å². The molecule has 0 fully saturated rings. The average Bonchev–Trinajstić information content (AvgIpc) is 3.42. The van der Waals surface area contributed by atoms with E-state index in [1.54, 1.807) is 11.4 Å². The van der Waals surface area contributed by atoms with Crippen LogP contribution in [0.2, 0.25) is 0 Å². The lowest BCUT2D eigenvalue weighted by molar-refractivity contribution is 0.0410. The highest BCUT2D eigenvalue weighted by molar-refractivity contribution is 7.11. The van der Waals surface area contributed by atoms with Gasteiger partial charge in [0.2, 0.25) is 11.8 Å². The number of aliphatic imine (C=N–C) groups is 1. The minimum Gasteiger partial charge on any atom is -0.362 e. The molecule has 13 heteroatoms. The van der Waals surface area contributed by atoms with Gasteiger partial charge in [-0.1, -0.05) is 5.16 Å². The first-order chi connectivity index (χ1) is 13.1. The lowest BCUT2D eigenvalue weighted by Crippen LogP contribution is -2.56. The van der Waals surface area contributed by atoms with Crippen LogP contribution < -0.4 is 10.9 Å². The van der Waals surface area contributed by atoms with E-state index >= 15 is 0 Å². The maximum atomic E-state index is 12.7. The van der Waals surface area contributed by atoms with E-state index in [-0.39, 0.29) is 16.4 Å². The monoisotopic (exact) mass is 387 g/mol. The summed E-state index contributed by atoms with van der Waals surface area (Å²) in [7, 11) is 0. The van der Waals surface area contributed by atoms with Crippen molar-refractivity contribution in [2.45, 2.75) is 0 Å². The second-order valence-corrected chi connectivity index (χ2v) is 5.59. The molecule has 0 saturated heterocycles. The molecule has 0 bridgehead atoms. The number of hydrogen-bond acceptors (Lipinski definition) is 9. The van der Waals surface area contributed by atoms with E-state index in [2.05, 4.69) is 35.5 Å². The van der Waals surface area contributed by atoms with Crippen LogP contribution in [-0.4, -0.2) is 44.0 Å². The highest BCUT2D eigenvalue weighted by atomic mass is 32.1. The summed E-state index contributed by atoms with van der Waals surface area (Å²) in [6, 6.07) is 3.03.